The number of rotatable bonds is 4. The molecule has 0 atom stereocenters. The molecule has 3 heterocycles. The van der Waals surface area contributed by atoms with Crippen LogP contribution >= 0.6 is 11.6 Å². The fourth-order valence-electron chi connectivity index (χ4n) is 2.77. The Morgan fingerprint density at radius 3 is 2.63 bits per heavy atom. The summed E-state index contributed by atoms with van der Waals surface area (Å²) in [4.78, 5) is 8.40. The molecule has 0 saturated carbocycles. The number of benzene rings is 1. The second kappa shape index (κ2) is 6.64. The highest BCUT2D eigenvalue weighted by Gasteiger charge is 2.10. The van der Waals surface area contributed by atoms with E-state index in [9.17, 15) is 8.42 Å². The zero-order chi connectivity index (χ0) is 19.0. The zero-order valence-corrected chi connectivity index (χ0v) is 15.7. The number of hydrogen-bond donors (Lipinski definition) is 1. The molecule has 0 radical (unpaired) electrons. The van der Waals surface area contributed by atoms with Crippen LogP contribution in [0.1, 0.15) is 0 Å². The third-order valence-corrected chi connectivity index (χ3v) is 4.70. The molecule has 27 heavy (non-hydrogen) atoms. The van der Waals surface area contributed by atoms with Gasteiger partial charge in [0.1, 0.15) is 5.15 Å². The smallest absolute Gasteiger partial charge is 0.229 e. The Bertz CT molecular complexity index is 1250. The standard InChI is InChI=1S/C18H14ClN5O2S/c1-27(25,26)23-15-4-2-3-12(7-15)14-9-18-21-11-16(24(18)22-10-14)13-5-6-20-17(19)8-13/h2-11,23H,1H3. The number of fused-ring (bicyclic) bond motifs is 1. The van der Waals surface area contributed by atoms with Crippen molar-refractivity contribution in [3.05, 3.63) is 66.2 Å². The molecule has 9 heteroatoms. The summed E-state index contributed by atoms with van der Waals surface area (Å²) in [6.07, 6.45) is 6.18. The van der Waals surface area contributed by atoms with Crippen LogP contribution in [0.25, 0.3) is 28.0 Å². The van der Waals surface area contributed by atoms with Gasteiger partial charge in [0.15, 0.2) is 5.65 Å². The summed E-state index contributed by atoms with van der Waals surface area (Å²) < 4.78 is 27.1. The number of nitrogens with one attached hydrogen (secondary N) is 1. The molecule has 0 aliphatic rings. The van der Waals surface area contributed by atoms with E-state index in [-0.39, 0.29) is 0 Å². The molecule has 7 nitrogen and oxygen atoms in total. The number of pyridine rings is 1. The van der Waals surface area contributed by atoms with Crippen LogP contribution in [0.15, 0.2) is 61.1 Å². The van der Waals surface area contributed by atoms with Crippen LogP contribution in [-0.2, 0) is 10.0 Å². The molecule has 0 saturated heterocycles. The van der Waals surface area contributed by atoms with Crippen molar-refractivity contribution >= 4 is 33.0 Å². The Balaban J connectivity index is 1.74. The summed E-state index contributed by atoms with van der Waals surface area (Å²) in [6, 6.07) is 12.6. The van der Waals surface area contributed by atoms with E-state index in [2.05, 4.69) is 19.8 Å². The Labute approximate surface area is 160 Å². The second-order valence-corrected chi connectivity index (χ2v) is 8.12. The van der Waals surface area contributed by atoms with Crippen molar-refractivity contribution < 1.29 is 8.42 Å². The summed E-state index contributed by atoms with van der Waals surface area (Å²) in [5, 5.41) is 4.88. The number of nitrogens with zero attached hydrogens (tertiary/aromatic N) is 4. The van der Waals surface area contributed by atoms with Crippen LogP contribution < -0.4 is 4.72 Å². The normalized spacial score (nSPS) is 11.6. The maximum atomic E-state index is 11.4. The van der Waals surface area contributed by atoms with Crippen molar-refractivity contribution in [2.24, 2.45) is 0 Å². The highest BCUT2D eigenvalue weighted by Crippen LogP contribution is 2.26. The summed E-state index contributed by atoms with van der Waals surface area (Å²) in [5.41, 5.74) is 4.47. The minimum Gasteiger partial charge on any atom is -0.284 e. The van der Waals surface area contributed by atoms with Crippen LogP contribution in [0.4, 0.5) is 5.69 Å². The largest absolute Gasteiger partial charge is 0.284 e. The average molecular weight is 400 g/mol. The Kier molecular flexibility index (Phi) is 4.29. The van der Waals surface area contributed by atoms with Crippen molar-refractivity contribution in [3.8, 4) is 22.4 Å². The lowest BCUT2D eigenvalue weighted by Gasteiger charge is -2.07. The van der Waals surface area contributed by atoms with E-state index in [4.69, 9.17) is 11.6 Å². The number of imidazole rings is 1. The summed E-state index contributed by atoms with van der Waals surface area (Å²) in [7, 11) is -3.34. The molecule has 3 aromatic heterocycles. The molecule has 0 aliphatic carbocycles. The first kappa shape index (κ1) is 17.4. The molecule has 0 amide bonds. The summed E-state index contributed by atoms with van der Waals surface area (Å²) in [6.45, 7) is 0. The fourth-order valence-corrected chi connectivity index (χ4v) is 3.50. The number of anilines is 1. The molecule has 0 aliphatic heterocycles. The van der Waals surface area contributed by atoms with Gasteiger partial charge in [0.2, 0.25) is 10.0 Å². The van der Waals surface area contributed by atoms with Crippen LogP contribution in [0, 0.1) is 0 Å². The van der Waals surface area contributed by atoms with Gasteiger partial charge in [0, 0.05) is 23.0 Å². The van der Waals surface area contributed by atoms with Crippen LogP contribution in [0.3, 0.4) is 0 Å². The summed E-state index contributed by atoms with van der Waals surface area (Å²) in [5.74, 6) is 0. The average Bonchev–Trinajstić information content (AvgIpc) is 3.03. The first-order valence-electron chi connectivity index (χ1n) is 7.93. The monoisotopic (exact) mass is 399 g/mol. The lowest BCUT2D eigenvalue weighted by atomic mass is 10.1. The number of hydrogen-bond acceptors (Lipinski definition) is 5. The second-order valence-electron chi connectivity index (χ2n) is 5.98. The van der Waals surface area contributed by atoms with E-state index in [1.807, 2.05) is 18.2 Å². The van der Waals surface area contributed by atoms with E-state index in [0.717, 1.165) is 28.6 Å². The molecular weight excluding hydrogens is 386 g/mol. The van der Waals surface area contributed by atoms with Gasteiger partial charge in [-0.15, -0.1) is 0 Å². The van der Waals surface area contributed by atoms with Crippen LogP contribution in [-0.4, -0.2) is 34.3 Å². The first-order chi connectivity index (χ1) is 12.9. The predicted molar refractivity (Wildman–Crippen MR) is 105 cm³/mol. The quantitative estimate of drug-likeness (QED) is 0.530. The molecule has 1 N–H and O–H groups in total. The minimum atomic E-state index is -3.34. The van der Waals surface area contributed by atoms with Crippen molar-refractivity contribution in [2.45, 2.75) is 0 Å². The molecule has 136 valence electrons. The van der Waals surface area contributed by atoms with Crippen molar-refractivity contribution in [1.82, 2.24) is 19.6 Å². The van der Waals surface area contributed by atoms with Crippen LogP contribution in [0.2, 0.25) is 5.15 Å². The number of sulfonamides is 1. The predicted octanol–water partition coefficient (Wildman–Crippen LogP) is 3.48. The van der Waals surface area contributed by atoms with Gasteiger partial charge in [0.05, 0.1) is 24.3 Å². The van der Waals surface area contributed by atoms with E-state index < -0.39 is 10.0 Å². The maximum Gasteiger partial charge on any atom is 0.229 e. The molecule has 4 aromatic rings. The Hall–Kier alpha value is -2.97. The van der Waals surface area contributed by atoms with Gasteiger partial charge in [-0.3, -0.25) is 4.72 Å². The van der Waals surface area contributed by atoms with E-state index in [1.165, 1.54) is 0 Å². The molecule has 1 aromatic carbocycles. The SMILES string of the molecule is CS(=O)(=O)Nc1cccc(-c2cnn3c(-c4ccnc(Cl)c4)cnc3c2)c1. The molecule has 4 rings (SSSR count). The highest BCUT2D eigenvalue weighted by atomic mass is 35.5. The van der Waals surface area contributed by atoms with Gasteiger partial charge in [-0.1, -0.05) is 23.7 Å². The van der Waals surface area contributed by atoms with E-state index in [0.29, 0.717) is 16.5 Å². The summed E-state index contributed by atoms with van der Waals surface area (Å²) >= 11 is 5.97. The molecule has 0 spiro atoms. The lowest BCUT2D eigenvalue weighted by molar-refractivity contribution is 0.607. The minimum absolute atomic E-state index is 0.397. The van der Waals surface area contributed by atoms with Crippen LogP contribution in [0.5, 0.6) is 0 Å². The number of aromatic nitrogens is 4. The molecule has 0 unspecified atom stereocenters. The van der Waals surface area contributed by atoms with Crippen molar-refractivity contribution in [2.75, 3.05) is 11.0 Å². The fraction of sp³-hybridized carbons (Fsp3) is 0.0556. The highest BCUT2D eigenvalue weighted by molar-refractivity contribution is 7.92. The van der Waals surface area contributed by atoms with Gasteiger partial charge in [-0.25, -0.2) is 22.9 Å². The van der Waals surface area contributed by atoms with Crippen molar-refractivity contribution in [3.63, 3.8) is 0 Å². The molecule has 0 bridgehead atoms. The van der Waals surface area contributed by atoms with Crippen molar-refractivity contribution in [1.29, 1.82) is 0 Å². The van der Waals surface area contributed by atoms with E-state index >= 15 is 0 Å². The third-order valence-electron chi connectivity index (χ3n) is 3.88. The van der Waals surface area contributed by atoms with Gasteiger partial charge in [0.25, 0.3) is 0 Å². The topological polar surface area (TPSA) is 89.2 Å². The van der Waals surface area contributed by atoms with E-state index in [1.54, 1.807) is 47.4 Å². The van der Waals surface area contributed by atoms with Gasteiger partial charge < -0.3 is 0 Å². The maximum absolute atomic E-state index is 11.4. The number of halogens is 1. The third kappa shape index (κ3) is 3.76. The molecular formula is C18H14ClN5O2S. The lowest BCUT2D eigenvalue weighted by Crippen LogP contribution is -2.09. The van der Waals surface area contributed by atoms with Gasteiger partial charge in [-0.05, 0) is 35.9 Å². The van der Waals surface area contributed by atoms with Gasteiger partial charge in [-0.2, -0.15) is 5.10 Å². The first-order valence-corrected chi connectivity index (χ1v) is 10.2. The Morgan fingerprint density at radius 1 is 1.00 bits per heavy atom. The molecule has 0 fully saturated rings. The zero-order valence-electron chi connectivity index (χ0n) is 14.2. The Morgan fingerprint density at radius 2 is 1.85 bits per heavy atom. The van der Waals surface area contributed by atoms with Gasteiger partial charge >= 0.3 is 0 Å².